The van der Waals surface area contributed by atoms with E-state index in [-0.39, 0.29) is 23.4 Å². The molecule has 0 saturated carbocycles. The van der Waals surface area contributed by atoms with Crippen LogP contribution in [0.25, 0.3) is 0 Å². The fraction of sp³-hybridized carbons (Fsp3) is 0.455. The highest BCUT2D eigenvalue weighted by molar-refractivity contribution is 5.30. The highest BCUT2D eigenvalue weighted by Crippen LogP contribution is 2.37. The molecule has 0 spiro atoms. The first kappa shape index (κ1) is 19.5. The molecule has 0 saturated heterocycles. The van der Waals surface area contributed by atoms with Gasteiger partial charge < -0.3 is 5.11 Å². The predicted molar refractivity (Wildman–Crippen MR) is 103 cm³/mol. The van der Waals surface area contributed by atoms with Crippen LogP contribution in [-0.4, -0.2) is 15.7 Å². The molecule has 0 aliphatic heterocycles. The molecule has 0 heterocycles. The van der Waals surface area contributed by atoms with Crippen LogP contribution in [0.3, 0.4) is 0 Å². The molecule has 25 heavy (non-hydrogen) atoms. The standard InChI is InChI=1S/C22H31NO2/c1-16(2)21(19-13-10-14-20(24)15-19)23(22(4,5)6)25-17(3)18-11-8-7-9-12-18/h7-17,21,24H,1-6H3. The third-order valence-electron chi connectivity index (χ3n) is 4.30. The molecular formula is C22H31NO2. The van der Waals surface area contributed by atoms with E-state index in [1.54, 1.807) is 6.07 Å². The number of phenols is 1. The molecule has 2 aromatic rings. The van der Waals surface area contributed by atoms with E-state index in [4.69, 9.17) is 4.84 Å². The van der Waals surface area contributed by atoms with E-state index in [0.717, 1.165) is 11.1 Å². The Labute approximate surface area is 152 Å². The normalized spacial score (nSPS) is 14.7. The molecule has 0 aliphatic carbocycles. The lowest BCUT2D eigenvalue weighted by atomic mass is 9.92. The average molecular weight is 341 g/mol. The predicted octanol–water partition coefficient (Wildman–Crippen LogP) is 5.88. The summed E-state index contributed by atoms with van der Waals surface area (Å²) in [6.07, 6.45) is -0.0565. The van der Waals surface area contributed by atoms with Crippen molar-refractivity contribution in [3.05, 3.63) is 65.7 Å². The smallest absolute Gasteiger partial charge is 0.115 e. The zero-order valence-corrected chi connectivity index (χ0v) is 16.2. The van der Waals surface area contributed by atoms with Gasteiger partial charge >= 0.3 is 0 Å². The molecule has 2 unspecified atom stereocenters. The summed E-state index contributed by atoms with van der Waals surface area (Å²) in [5, 5.41) is 12.0. The number of hydrogen-bond acceptors (Lipinski definition) is 3. The maximum absolute atomic E-state index is 9.93. The lowest BCUT2D eigenvalue weighted by molar-refractivity contribution is -0.272. The van der Waals surface area contributed by atoms with E-state index < -0.39 is 0 Å². The number of phenolic OH excluding ortho intramolecular Hbond substituents is 1. The Bertz CT molecular complexity index is 661. The zero-order valence-electron chi connectivity index (χ0n) is 16.2. The first-order valence-corrected chi connectivity index (χ1v) is 9.00. The number of hydroxylamine groups is 2. The van der Waals surface area contributed by atoms with Crippen molar-refractivity contribution in [1.29, 1.82) is 0 Å². The third-order valence-corrected chi connectivity index (χ3v) is 4.30. The Morgan fingerprint density at radius 1 is 0.880 bits per heavy atom. The Morgan fingerprint density at radius 3 is 2.00 bits per heavy atom. The minimum atomic E-state index is -0.191. The molecule has 2 aromatic carbocycles. The Morgan fingerprint density at radius 2 is 1.48 bits per heavy atom. The number of rotatable bonds is 6. The molecule has 0 fully saturated rings. The average Bonchev–Trinajstić information content (AvgIpc) is 2.54. The summed E-state index contributed by atoms with van der Waals surface area (Å²) in [5.74, 6) is 0.608. The van der Waals surface area contributed by atoms with Crippen molar-refractivity contribution in [3.63, 3.8) is 0 Å². The first-order chi connectivity index (χ1) is 11.7. The molecule has 0 amide bonds. The summed E-state index contributed by atoms with van der Waals surface area (Å²) >= 11 is 0. The minimum Gasteiger partial charge on any atom is -0.508 e. The van der Waals surface area contributed by atoms with Crippen molar-refractivity contribution < 1.29 is 9.94 Å². The lowest BCUT2D eigenvalue weighted by Gasteiger charge is -2.44. The SMILES string of the molecule is CC(ON(C(c1cccc(O)c1)C(C)C)C(C)(C)C)c1ccccc1. The van der Waals surface area contributed by atoms with Crippen molar-refractivity contribution >= 4 is 0 Å². The highest BCUT2D eigenvalue weighted by Gasteiger charge is 2.34. The summed E-state index contributed by atoms with van der Waals surface area (Å²) in [6, 6.07) is 17.8. The summed E-state index contributed by atoms with van der Waals surface area (Å²) in [6.45, 7) is 12.9. The molecule has 2 atom stereocenters. The van der Waals surface area contributed by atoms with Crippen LogP contribution in [0.2, 0.25) is 0 Å². The van der Waals surface area contributed by atoms with E-state index in [1.807, 2.05) is 30.3 Å². The monoisotopic (exact) mass is 341 g/mol. The molecule has 3 heteroatoms. The van der Waals surface area contributed by atoms with Gasteiger partial charge in [-0.1, -0.05) is 56.3 Å². The Hall–Kier alpha value is -1.84. The first-order valence-electron chi connectivity index (χ1n) is 9.00. The van der Waals surface area contributed by atoms with Crippen LogP contribution >= 0.6 is 0 Å². The summed E-state index contributed by atoms with van der Waals surface area (Å²) in [4.78, 5) is 6.47. The topological polar surface area (TPSA) is 32.7 Å². The fourth-order valence-corrected chi connectivity index (χ4v) is 3.10. The molecule has 2 rings (SSSR count). The van der Waals surface area contributed by atoms with Gasteiger partial charge in [0.25, 0.3) is 0 Å². The minimum absolute atomic E-state index is 0.0401. The molecule has 0 bridgehead atoms. The van der Waals surface area contributed by atoms with Crippen molar-refractivity contribution in [2.45, 2.75) is 59.2 Å². The Kier molecular flexibility index (Phi) is 6.26. The fourth-order valence-electron chi connectivity index (χ4n) is 3.10. The molecule has 0 radical (unpaired) electrons. The second-order valence-corrected chi connectivity index (χ2v) is 7.94. The van der Waals surface area contributed by atoms with E-state index >= 15 is 0 Å². The maximum atomic E-state index is 9.93. The van der Waals surface area contributed by atoms with Crippen molar-refractivity contribution in [2.24, 2.45) is 5.92 Å². The Balaban J connectivity index is 2.37. The number of hydrogen-bond donors (Lipinski definition) is 1. The van der Waals surface area contributed by atoms with Crippen LogP contribution in [0.4, 0.5) is 0 Å². The molecule has 3 nitrogen and oxygen atoms in total. The second-order valence-electron chi connectivity index (χ2n) is 7.94. The number of benzene rings is 2. The summed E-state index contributed by atoms with van der Waals surface area (Å²) in [7, 11) is 0. The van der Waals surface area contributed by atoms with Gasteiger partial charge in [-0.25, -0.2) is 0 Å². The zero-order chi connectivity index (χ0) is 18.6. The van der Waals surface area contributed by atoms with Crippen LogP contribution in [0.1, 0.15) is 64.8 Å². The van der Waals surface area contributed by atoms with Gasteiger partial charge in [-0.05, 0) is 56.9 Å². The van der Waals surface area contributed by atoms with E-state index in [2.05, 4.69) is 64.8 Å². The van der Waals surface area contributed by atoms with E-state index in [9.17, 15) is 5.11 Å². The number of nitrogens with zero attached hydrogens (tertiary/aromatic N) is 1. The van der Waals surface area contributed by atoms with Gasteiger partial charge in [0.15, 0.2) is 0 Å². The van der Waals surface area contributed by atoms with Crippen LogP contribution in [-0.2, 0) is 4.84 Å². The molecular weight excluding hydrogens is 310 g/mol. The van der Waals surface area contributed by atoms with Crippen LogP contribution in [0, 0.1) is 5.92 Å². The highest BCUT2D eigenvalue weighted by atomic mass is 16.7. The molecule has 0 aliphatic rings. The van der Waals surface area contributed by atoms with Gasteiger partial charge in [0.1, 0.15) is 11.9 Å². The maximum Gasteiger partial charge on any atom is 0.115 e. The van der Waals surface area contributed by atoms with Gasteiger partial charge in [0.05, 0.1) is 6.04 Å². The van der Waals surface area contributed by atoms with Gasteiger partial charge in [0.2, 0.25) is 0 Å². The van der Waals surface area contributed by atoms with Crippen LogP contribution < -0.4 is 0 Å². The lowest BCUT2D eigenvalue weighted by Crippen LogP contribution is -2.46. The number of aromatic hydroxyl groups is 1. The summed E-state index contributed by atoms with van der Waals surface area (Å²) in [5.41, 5.74) is 2.02. The molecule has 0 aromatic heterocycles. The molecule has 1 N–H and O–H groups in total. The largest absolute Gasteiger partial charge is 0.508 e. The van der Waals surface area contributed by atoms with Crippen molar-refractivity contribution in [2.75, 3.05) is 0 Å². The van der Waals surface area contributed by atoms with Crippen molar-refractivity contribution in [3.8, 4) is 5.75 Å². The van der Waals surface area contributed by atoms with Gasteiger partial charge in [0, 0.05) is 5.54 Å². The quantitative estimate of drug-likeness (QED) is 0.666. The van der Waals surface area contributed by atoms with Crippen LogP contribution in [0.15, 0.2) is 54.6 Å². The summed E-state index contributed by atoms with van der Waals surface area (Å²) < 4.78 is 0. The second kappa shape index (κ2) is 8.03. The molecule has 136 valence electrons. The third kappa shape index (κ3) is 5.07. The van der Waals surface area contributed by atoms with Gasteiger partial charge in [-0.3, -0.25) is 4.84 Å². The van der Waals surface area contributed by atoms with Gasteiger partial charge in [-0.15, -0.1) is 0 Å². The van der Waals surface area contributed by atoms with Gasteiger partial charge in [-0.2, -0.15) is 5.06 Å². The van der Waals surface area contributed by atoms with E-state index in [1.165, 1.54) is 0 Å². The van der Waals surface area contributed by atoms with Crippen molar-refractivity contribution in [1.82, 2.24) is 5.06 Å². The van der Waals surface area contributed by atoms with Crippen LogP contribution in [0.5, 0.6) is 5.75 Å². The van der Waals surface area contributed by atoms with E-state index in [0.29, 0.717) is 5.92 Å².